The van der Waals surface area contributed by atoms with Crippen LogP contribution >= 0.6 is 0 Å². The largest absolute Gasteiger partial charge is 2.00 e. The molecular formula is C18H14Cr. The molecule has 4 rings (SSSR count). The van der Waals surface area contributed by atoms with E-state index < -0.39 is 0 Å². The zero-order valence-electron chi connectivity index (χ0n) is 10.5. The summed E-state index contributed by atoms with van der Waals surface area (Å²) in [6, 6.07) is 28.1. The van der Waals surface area contributed by atoms with Gasteiger partial charge in [-0.25, -0.2) is 12.1 Å². The van der Waals surface area contributed by atoms with Crippen LogP contribution in [0.5, 0.6) is 0 Å². The fourth-order valence-corrected chi connectivity index (χ4v) is 2.32. The summed E-state index contributed by atoms with van der Waals surface area (Å²) < 4.78 is 0. The van der Waals surface area contributed by atoms with Gasteiger partial charge in [0.2, 0.25) is 0 Å². The molecule has 19 heavy (non-hydrogen) atoms. The van der Waals surface area contributed by atoms with Gasteiger partial charge in [0.05, 0.1) is 0 Å². The second-order valence-corrected chi connectivity index (χ2v) is 4.36. The molecule has 1 aliphatic rings. The van der Waals surface area contributed by atoms with Gasteiger partial charge >= 0.3 is 17.4 Å². The van der Waals surface area contributed by atoms with Gasteiger partial charge in [-0.1, -0.05) is 35.4 Å². The van der Waals surface area contributed by atoms with Crippen LogP contribution in [0, 0.1) is 6.07 Å². The summed E-state index contributed by atoms with van der Waals surface area (Å²) in [7, 11) is 0. The van der Waals surface area contributed by atoms with E-state index in [1.54, 1.807) is 0 Å². The maximum absolute atomic E-state index is 3.30. The average Bonchev–Trinajstić information content (AvgIpc) is 3.10. The van der Waals surface area contributed by atoms with Gasteiger partial charge in [0.1, 0.15) is 0 Å². The molecule has 0 aromatic heterocycles. The minimum Gasteiger partial charge on any atom is -0.214 e. The Morgan fingerprint density at radius 2 is 1.58 bits per heavy atom. The molecule has 0 radical (unpaired) electrons. The topological polar surface area (TPSA) is 0 Å². The number of rotatable bonds is 0. The van der Waals surface area contributed by atoms with Gasteiger partial charge in [-0.3, -0.25) is 0 Å². The summed E-state index contributed by atoms with van der Waals surface area (Å²) in [4.78, 5) is 0. The van der Waals surface area contributed by atoms with Crippen molar-refractivity contribution >= 4 is 0 Å². The maximum Gasteiger partial charge on any atom is 2.00 e. The van der Waals surface area contributed by atoms with Gasteiger partial charge in [0.15, 0.2) is 0 Å². The molecule has 3 aromatic rings. The van der Waals surface area contributed by atoms with E-state index in [2.05, 4.69) is 42.5 Å². The van der Waals surface area contributed by atoms with E-state index in [0.717, 1.165) is 6.42 Å². The summed E-state index contributed by atoms with van der Waals surface area (Å²) in [6.07, 6.45) is 1.05. The van der Waals surface area contributed by atoms with Crippen LogP contribution in [0.25, 0.3) is 11.1 Å². The molecule has 0 saturated carbocycles. The maximum atomic E-state index is 3.30. The van der Waals surface area contributed by atoms with Crippen LogP contribution in [-0.2, 0) is 23.8 Å². The van der Waals surface area contributed by atoms with Gasteiger partial charge in [-0.05, 0) is 6.42 Å². The predicted octanol–water partition coefficient (Wildman–Crippen LogP) is 4.46. The van der Waals surface area contributed by atoms with E-state index in [0.29, 0.717) is 0 Å². The van der Waals surface area contributed by atoms with Crippen LogP contribution < -0.4 is 0 Å². The Hall–Kier alpha value is -1.68. The number of hydrogen-bond acceptors (Lipinski definition) is 0. The zero-order valence-corrected chi connectivity index (χ0v) is 11.8. The molecule has 0 bridgehead atoms. The second kappa shape index (κ2) is 6.48. The Balaban J connectivity index is 0.000000190. The summed E-state index contributed by atoms with van der Waals surface area (Å²) in [5.74, 6) is 0. The molecule has 0 amide bonds. The van der Waals surface area contributed by atoms with Crippen molar-refractivity contribution in [2.75, 3.05) is 0 Å². The Bertz CT molecular complexity index is 563. The van der Waals surface area contributed by atoms with E-state index in [4.69, 9.17) is 0 Å². The standard InChI is InChI=1S/C13H9.C5H5.Cr/c1-3-7-12-10(5-1)9-11-6-2-4-8-13(11)12;1-2-4-5-3-1;/h1-5,7-8H,9H2;1-5H;/q2*-1;+2. The van der Waals surface area contributed by atoms with E-state index in [1.807, 2.05) is 36.4 Å². The summed E-state index contributed by atoms with van der Waals surface area (Å²) in [6.45, 7) is 0. The van der Waals surface area contributed by atoms with Crippen LogP contribution in [0.1, 0.15) is 11.1 Å². The Labute approximate surface area is 125 Å². The quantitative estimate of drug-likeness (QED) is 0.418. The fraction of sp³-hybridized carbons (Fsp3) is 0.0556. The first kappa shape index (κ1) is 13.7. The smallest absolute Gasteiger partial charge is 0.214 e. The molecule has 0 unspecified atom stereocenters. The Morgan fingerprint density at radius 3 is 2.32 bits per heavy atom. The van der Waals surface area contributed by atoms with Crippen molar-refractivity contribution in [2.24, 2.45) is 0 Å². The van der Waals surface area contributed by atoms with E-state index in [9.17, 15) is 0 Å². The number of fused-ring (bicyclic) bond motifs is 3. The Morgan fingerprint density at radius 1 is 0.842 bits per heavy atom. The van der Waals surface area contributed by atoms with Crippen molar-refractivity contribution in [3.8, 4) is 11.1 Å². The fourth-order valence-electron chi connectivity index (χ4n) is 2.32. The van der Waals surface area contributed by atoms with Gasteiger partial charge in [0.25, 0.3) is 0 Å². The first-order chi connectivity index (χ1) is 8.95. The summed E-state index contributed by atoms with van der Waals surface area (Å²) >= 11 is 0. The predicted molar refractivity (Wildman–Crippen MR) is 75.6 cm³/mol. The second-order valence-electron chi connectivity index (χ2n) is 4.36. The molecule has 3 aromatic carbocycles. The molecule has 0 heterocycles. The molecule has 92 valence electrons. The van der Waals surface area contributed by atoms with Crippen molar-refractivity contribution < 1.29 is 17.4 Å². The van der Waals surface area contributed by atoms with Crippen molar-refractivity contribution in [2.45, 2.75) is 6.42 Å². The van der Waals surface area contributed by atoms with Crippen molar-refractivity contribution in [1.82, 2.24) is 0 Å². The molecule has 0 fully saturated rings. The molecule has 0 saturated heterocycles. The third-order valence-electron chi connectivity index (χ3n) is 3.17. The molecule has 0 spiro atoms. The molecule has 0 aliphatic heterocycles. The van der Waals surface area contributed by atoms with E-state index in [1.165, 1.54) is 22.3 Å². The Kier molecular flexibility index (Phi) is 4.69. The van der Waals surface area contributed by atoms with Crippen LogP contribution in [-0.4, -0.2) is 0 Å². The van der Waals surface area contributed by atoms with Crippen molar-refractivity contribution in [3.63, 3.8) is 0 Å². The average molecular weight is 282 g/mol. The first-order valence-electron chi connectivity index (χ1n) is 6.20. The van der Waals surface area contributed by atoms with Gasteiger partial charge in [-0.2, -0.15) is 48.0 Å². The van der Waals surface area contributed by atoms with Crippen molar-refractivity contribution in [1.29, 1.82) is 0 Å². The minimum absolute atomic E-state index is 0. The molecule has 0 N–H and O–H groups in total. The SMILES string of the molecule is [Cr+2].[c-]1cccc2c1Cc1ccccc1-2.c1cc[cH-]c1. The van der Waals surface area contributed by atoms with Gasteiger partial charge in [0, 0.05) is 0 Å². The molecular weight excluding hydrogens is 268 g/mol. The van der Waals surface area contributed by atoms with E-state index in [-0.39, 0.29) is 17.4 Å². The molecule has 1 aliphatic carbocycles. The summed E-state index contributed by atoms with van der Waals surface area (Å²) in [5.41, 5.74) is 5.51. The van der Waals surface area contributed by atoms with Gasteiger partial charge in [-0.15, -0.1) is 5.56 Å². The van der Waals surface area contributed by atoms with E-state index >= 15 is 0 Å². The van der Waals surface area contributed by atoms with Crippen LogP contribution in [0.3, 0.4) is 0 Å². The van der Waals surface area contributed by atoms with Crippen LogP contribution in [0.2, 0.25) is 0 Å². The summed E-state index contributed by atoms with van der Waals surface area (Å²) in [5, 5.41) is 0. The van der Waals surface area contributed by atoms with Crippen LogP contribution in [0.15, 0.2) is 72.8 Å². The van der Waals surface area contributed by atoms with Crippen molar-refractivity contribution in [3.05, 3.63) is 90.0 Å². The molecule has 1 heteroatoms. The third-order valence-corrected chi connectivity index (χ3v) is 3.17. The monoisotopic (exact) mass is 282 g/mol. The minimum atomic E-state index is 0. The van der Waals surface area contributed by atoms with Crippen LogP contribution in [0.4, 0.5) is 0 Å². The van der Waals surface area contributed by atoms with Gasteiger partial charge < -0.3 is 0 Å². The molecule has 0 nitrogen and oxygen atoms in total. The molecule has 0 atom stereocenters. The third kappa shape index (κ3) is 3.02. The zero-order chi connectivity index (χ0) is 12.2. The normalized spacial score (nSPS) is 10.5. The first-order valence-corrected chi connectivity index (χ1v) is 6.20. The number of hydrogen-bond donors (Lipinski definition) is 0. The number of benzene rings is 2.